The van der Waals surface area contributed by atoms with E-state index in [1.807, 2.05) is 36.4 Å². The van der Waals surface area contributed by atoms with E-state index in [2.05, 4.69) is 16.2 Å². The van der Waals surface area contributed by atoms with Gasteiger partial charge in [-0.1, -0.05) is 23.7 Å². The fourth-order valence-corrected chi connectivity index (χ4v) is 4.24. The SMILES string of the molecule is O=C(CSc1ccc(Cl)cc1)NNC(=O)C[C@H]1Sc2ccccc2NC1=O. The number of fused-ring (bicyclic) bond motifs is 1. The molecule has 0 aromatic heterocycles. The van der Waals surface area contributed by atoms with Crippen LogP contribution in [0, 0.1) is 0 Å². The summed E-state index contributed by atoms with van der Waals surface area (Å²) in [7, 11) is 0. The number of hydrogen-bond donors (Lipinski definition) is 3. The Morgan fingerprint density at radius 3 is 2.56 bits per heavy atom. The maximum absolute atomic E-state index is 12.1. The molecule has 0 spiro atoms. The quantitative estimate of drug-likeness (QED) is 0.510. The number of thioether (sulfide) groups is 2. The van der Waals surface area contributed by atoms with Crippen LogP contribution in [0.4, 0.5) is 5.69 Å². The van der Waals surface area contributed by atoms with Crippen molar-refractivity contribution in [1.29, 1.82) is 0 Å². The monoisotopic (exact) mass is 421 g/mol. The van der Waals surface area contributed by atoms with Gasteiger partial charge < -0.3 is 5.32 Å². The normalized spacial score (nSPS) is 15.4. The molecule has 6 nitrogen and oxygen atoms in total. The molecule has 3 amide bonds. The molecule has 27 heavy (non-hydrogen) atoms. The number of anilines is 1. The summed E-state index contributed by atoms with van der Waals surface area (Å²) in [6.45, 7) is 0. The molecular weight excluding hydrogens is 406 g/mol. The van der Waals surface area contributed by atoms with Gasteiger partial charge in [0.25, 0.3) is 0 Å². The second kappa shape index (κ2) is 9.16. The number of halogens is 1. The van der Waals surface area contributed by atoms with Crippen molar-refractivity contribution < 1.29 is 14.4 Å². The molecule has 0 saturated carbocycles. The second-order valence-corrected chi connectivity index (χ2v) is 8.36. The number of carbonyl (C=O) groups excluding carboxylic acids is 3. The van der Waals surface area contributed by atoms with Crippen LogP contribution in [0.3, 0.4) is 0 Å². The van der Waals surface area contributed by atoms with Crippen LogP contribution >= 0.6 is 35.1 Å². The Kier molecular flexibility index (Phi) is 6.65. The number of rotatable bonds is 5. The molecule has 2 aromatic carbocycles. The summed E-state index contributed by atoms with van der Waals surface area (Å²) in [6.07, 6.45) is -0.0323. The van der Waals surface area contributed by atoms with Crippen molar-refractivity contribution in [3.05, 3.63) is 53.6 Å². The van der Waals surface area contributed by atoms with E-state index in [-0.39, 0.29) is 24.0 Å². The first-order valence-electron chi connectivity index (χ1n) is 8.04. The highest BCUT2D eigenvalue weighted by Crippen LogP contribution is 2.36. The average molecular weight is 422 g/mol. The first kappa shape index (κ1) is 19.6. The van der Waals surface area contributed by atoms with E-state index in [0.717, 1.165) is 15.5 Å². The molecule has 0 bridgehead atoms. The predicted molar refractivity (Wildman–Crippen MR) is 108 cm³/mol. The fourth-order valence-electron chi connectivity index (χ4n) is 2.30. The maximum atomic E-state index is 12.1. The largest absolute Gasteiger partial charge is 0.324 e. The second-order valence-electron chi connectivity index (χ2n) is 5.63. The number of hydrazine groups is 1. The molecule has 2 aromatic rings. The Bertz CT molecular complexity index is 861. The predicted octanol–water partition coefficient (Wildman–Crippen LogP) is 3.08. The van der Waals surface area contributed by atoms with E-state index >= 15 is 0 Å². The van der Waals surface area contributed by atoms with Gasteiger partial charge in [-0.2, -0.15) is 0 Å². The third-order valence-corrected chi connectivity index (χ3v) is 6.14. The van der Waals surface area contributed by atoms with Crippen LogP contribution in [0.1, 0.15) is 6.42 Å². The standard InChI is InChI=1S/C18H16ClN3O3S2/c19-11-5-7-12(8-6-11)26-10-17(24)22-21-16(23)9-15-18(25)20-13-3-1-2-4-14(13)27-15/h1-8,15H,9-10H2,(H,20,25)(H,21,23)(H,22,24)/t15-/m1/s1. The molecule has 9 heteroatoms. The highest BCUT2D eigenvalue weighted by atomic mass is 35.5. The van der Waals surface area contributed by atoms with E-state index in [0.29, 0.717) is 5.02 Å². The van der Waals surface area contributed by atoms with Crippen molar-refractivity contribution in [3.8, 4) is 0 Å². The lowest BCUT2D eigenvalue weighted by Crippen LogP contribution is -2.44. The van der Waals surface area contributed by atoms with Crippen molar-refractivity contribution in [2.45, 2.75) is 21.5 Å². The Labute approximate surface area is 169 Å². The zero-order valence-electron chi connectivity index (χ0n) is 14.0. The molecule has 1 aliphatic rings. The molecular formula is C18H16ClN3O3S2. The van der Waals surface area contributed by atoms with Crippen molar-refractivity contribution in [2.75, 3.05) is 11.1 Å². The van der Waals surface area contributed by atoms with Gasteiger partial charge >= 0.3 is 0 Å². The summed E-state index contributed by atoms with van der Waals surface area (Å²) < 4.78 is 0. The summed E-state index contributed by atoms with van der Waals surface area (Å²) in [5.74, 6) is -0.840. The summed E-state index contributed by atoms with van der Waals surface area (Å²) in [4.78, 5) is 37.8. The first-order chi connectivity index (χ1) is 13.0. The highest BCUT2D eigenvalue weighted by Gasteiger charge is 2.28. The molecule has 1 atom stereocenters. The lowest BCUT2D eigenvalue weighted by molar-refractivity contribution is -0.128. The van der Waals surface area contributed by atoms with Gasteiger partial charge in [0.15, 0.2) is 0 Å². The third-order valence-electron chi connectivity index (χ3n) is 3.60. The maximum Gasteiger partial charge on any atom is 0.248 e. The Balaban J connectivity index is 1.42. The number of nitrogens with one attached hydrogen (secondary N) is 3. The number of benzene rings is 2. The van der Waals surface area contributed by atoms with E-state index in [4.69, 9.17) is 11.6 Å². The molecule has 0 unspecified atom stereocenters. The van der Waals surface area contributed by atoms with Gasteiger partial charge in [-0.05, 0) is 36.4 Å². The number of carbonyl (C=O) groups is 3. The van der Waals surface area contributed by atoms with Crippen LogP contribution in [0.25, 0.3) is 0 Å². The number of amides is 3. The van der Waals surface area contributed by atoms with Gasteiger partial charge in [0, 0.05) is 21.2 Å². The molecule has 140 valence electrons. The van der Waals surface area contributed by atoms with Gasteiger partial charge in [-0.25, -0.2) is 0 Å². The van der Waals surface area contributed by atoms with Gasteiger partial charge in [0.05, 0.1) is 16.7 Å². The Morgan fingerprint density at radius 1 is 1.07 bits per heavy atom. The number of hydrogen-bond acceptors (Lipinski definition) is 5. The van der Waals surface area contributed by atoms with Gasteiger partial charge in [0.1, 0.15) is 0 Å². The summed E-state index contributed by atoms with van der Waals surface area (Å²) in [5.41, 5.74) is 5.46. The van der Waals surface area contributed by atoms with E-state index in [1.165, 1.54) is 23.5 Å². The third kappa shape index (κ3) is 5.66. The first-order valence-corrected chi connectivity index (χ1v) is 10.3. The zero-order valence-corrected chi connectivity index (χ0v) is 16.4. The van der Waals surface area contributed by atoms with E-state index in [1.54, 1.807) is 12.1 Å². The summed E-state index contributed by atoms with van der Waals surface area (Å²) >= 11 is 8.47. The van der Waals surface area contributed by atoms with Crippen LogP contribution in [-0.2, 0) is 14.4 Å². The van der Waals surface area contributed by atoms with Gasteiger partial charge in [0.2, 0.25) is 17.7 Å². The minimum atomic E-state index is -0.541. The minimum absolute atomic E-state index is 0.0323. The zero-order chi connectivity index (χ0) is 19.2. The molecule has 0 fully saturated rings. The smallest absolute Gasteiger partial charge is 0.248 e. The van der Waals surface area contributed by atoms with Crippen molar-refractivity contribution in [2.24, 2.45) is 0 Å². The lowest BCUT2D eigenvalue weighted by Gasteiger charge is -2.23. The van der Waals surface area contributed by atoms with Crippen molar-refractivity contribution >= 4 is 58.5 Å². The molecule has 1 heterocycles. The summed E-state index contributed by atoms with van der Waals surface area (Å²) in [5, 5.41) is 2.87. The minimum Gasteiger partial charge on any atom is -0.324 e. The van der Waals surface area contributed by atoms with E-state index < -0.39 is 11.2 Å². The molecule has 3 N–H and O–H groups in total. The topological polar surface area (TPSA) is 87.3 Å². The van der Waals surface area contributed by atoms with Crippen LogP contribution in [0.2, 0.25) is 5.02 Å². The lowest BCUT2D eigenvalue weighted by atomic mass is 10.2. The molecule has 0 aliphatic carbocycles. The Morgan fingerprint density at radius 2 is 1.78 bits per heavy atom. The van der Waals surface area contributed by atoms with E-state index in [9.17, 15) is 14.4 Å². The molecule has 3 rings (SSSR count). The fraction of sp³-hybridized carbons (Fsp3) is 0.167. The number of para-hydroxylation sites is 1. The summed E-state index contributed by atoms with van der Waals surface area (Å²) in [6, 6.07) is 14.5. The average Bonchev–Trinajstić information content (AvgIpc) is 2.66. The van der Waals surface area contributed by atoms with Crippen LogP contribution in [-0.4, -0.2) is 28.7 Å². The molecule has 0 radical (unpaired) electrons. The van der Waals surface area contributed by atoms with Crippen molar-refractivity contribution in [1.82, 2.24) is 10.9 Å². The highest BCUT2D eigenvalue weighted by molar-refractivity contribution is 8.01. The van der Waals surface area contributed by atoms with Crippen molar-refractivity contribution in [3.63, 3.8) is 0 Å². The van der Waals surface area contributed by atoms with Crippen LogP contribution in [0.5, 0.6) is 0 Å². The van der Waals surface area contributed by atoms with Crippen LogP contribution in [0.15, 0.2) is 58.3 Å². The van der Waals surface area contributed by atoms with Gasteiger partial charge in [-0.3, -0.25) is 25.2 Å². The Hall–Kier alpha value is -2.16. The van der Waals surface area contributed by atoms with Crippen LogP contribution < -0.4 is 16.2 Å². The van der Waals surface area contributed by atoms with Gasteiger partial charge in [-0.15, -0.1) is 23.5 Å². The molecule has 0 saturated heterocycles. The molecule has 1 aliphatic heterocycles.